The summed E-state index contributed by atoms with van der Waals surface area (Å²) in [5.74, 6) is 0.802. The lowest BCUT2D eigenvalue weighted by atomic mass is 10.3. The Morgan fingerprint density at radius 2 is 2.47 bits per heavy atom. The number of alkyl halides is 1. The van der Waals surface area contributed by atoms with E-state index in [2.05, 4.69) is 10.5 Å². The maximum atomic E-state index is 11.4. The number of nitrogens with zero attached hydrogens (tertiary/aromatic N) is 1. The number of aromatic nitrogens is 1. The van der Waals surface area contributed by atoms with Crippen molar-refractivity contribution in [1.29, 1.82) is 0 Å². The topological polar surface area (TPSA) is 64.4 Å². The smallest absolute Gasteiger partial charge is 0.273 e. The zero-order chi connectivity index (χ0) is 11.1. The molecule has 0 fully saturated rings. The Morgan fingerprint density at radius 3 is 3.07 bits per heavy atom. The highest BCUT2D eigenvalue weighted by Gasteiger charge is 2.09. The van der Waals surface area contributed by atoms with Crippen LogP contribution in [0.1, 0.15) is 16.2 Å². The molecule has 0 aliphatic carbocycles. The molecule has 0 aliphatic rings. The van der Waals surface area contributed by atoms with Gasteiger partial charge in [-0.15, -0.1) is 11.6 Å². The van der Waals surface area contributed by atoms with Crippen molar-refractivity contribution in [2.45, 2.75) is 6.92 Å². The van der Waals surface area contributed by atoms with E-state index in [-0.39, 0.29) is 11.6 Å². The summed E-state index contributed by atoms with van der Waals surface area (Å²) in [7, 11) is 0. The molecule has 1 aromatic heterocycles. The van der Waals surface area contributed by atoms with Gasteiger partial charge in [0, 0.05) is 18.5 Å². The van der Waals surface area contributed by atoms with Crippen molar-refractivity contribution < 1.29 is 14.1 Å². The molecule has 0 saturated heterocycles. The van der Waals surface area contributed by atoms with Crippen molar-refractivity contribution in [3.63, 3.8) is 0 Å². The van der Waals surface area contributed by atoms with Gasteiger partial charge in [0.25, 0.3) is 5.91 Å². The van der Waals surface area contributed by atoms with E-state index in [4.69, 9.17) is 20.9 Å². The third-order valence-corrected chi connectivity index (χ3v) is 1.77. The van der Waals surface area contributed by atoms with Crippen LogP contribution in [0.4, 0.5) is 0 Å². The van der Waals surface area contributed by atoms with Crippen LogP contribution in [0.3, 0.4) is 0 Å². The largest absolute Gasteiger partial charge is 0.378 e. The fourth-order valence-electron chi connectivity index (χ4n) is 0.957. The zero-order valence-electron chi connectivity index (χ0n) is 8.46. The van der Waals surface area contributed by atoms with Crippen LogP contribution in [0.25, 0.3) is 0 Å². The second-order valence-corrected chi connectivity index (χ2v) is 3.26. The number of halogens is 1. The molecule has 0 saturated carbocycles. The number of carbonyl (C=O) groups is 1. The van der Waals surface area contributed by atoms with Gasteiger partial charge in [0.2, 0.25) is 0 Å². The summed E-state index contributed by atoms with van der Waals surface area (Å²) in [6.45, 7) is 3.09. The van der Waals surface area contributed by atoms with Crippen molar-refractivity contribution in [1.82, 2.24) is 10.5 Å². The highest BCUT2D eigenvalue weighted by Crippen LogP contribution is 2.00. The fraction of sp³-hybridized carbons (Fsp3) is 0.556. The van der Waals surface area contributed by atoms with Gasteiger partial charge < -0.3 is 14.6 Å². The lowest BCUT2D eigenvalue weighted by Crippen LogP contribution is -2.27. The second kappa shape index (κ2) is 6.42. The minimum atomic E-state index is -0.263. The molecule has 0 atom stereocenters. The molecular formula is C9H13ClN2O3. The molecule has 0 radical (unpaired) electrons. The molecule has 1 heterocycles. The molecule has 5 nitrogen and oxygen atoms in total. The predicted octanol–water partition coefficient (Wildman–Crippen LogP) is 0.968. The van der Waals surface area contributed by atoms with E-state index >= 15 is 0 Å². The first-order valence-corrected chi connectivity index (χ1v) is 5.12. The predicted molar refractivity (Wildman–Crippen MR) is 55.1 cm³/mol. The summed E-state index contributed by atoms with van der Waals surface area (Å²) >= 11 is 5.41. The molecule has 0 unspecified atom stereocenters. The van der Waals surface area contributed by atoms with E-state index in [1.165, 1.54) is 0 Å². The number of hydrogen-bond donors (Lipinski definition) is 1. The van der Waals surface area contributed by atoms with Crippen molar-refractivity contribution in [2.75, 3.05) is 25.6 Å². The molecule has 0 aromatic carbocycles. The molecular weight excluding hydrogens is 220 g/mol. The average Bonchev–Trinajstić information content (AvgIpc) is 2.64. The summed E-state index contributed by atoms with van der Waals surface area (Å²) in [6.07, 6.45) is 0. The standard InChI is InChI=1S/C9H13ClN2O3/c1-7-6-8(12-15-7)9(13)11-3-5-14-4-2-10/h6H,2-5H2,1H3,(H,11,13). The number of carbonyl (C=O) groups excluding carboxylic acids is 1. The van der Waals surface area contributed by atoms with Crippen LogP contribution < -0.4 is 5.32 Å². The third-order valence-electron chi connectivity index (χ3n) is 1.61. The van der Waals surface area contributed by atoms with Crippen LogP contribution in [-0.2, 0) is 4.74 Å². The van der Waals surface area contributed by atoms with Crippen LogP contribution >= 0.6 is 11.6 Å². The molecule has 0 spiro atoms. The first kappa shape index (κ1) is 12.0. The van der Waals surface area contributed by atoms with E-state index in [1.54, 1.807) is 13.0 Å². The number of nitrogens with one attached hydrogen (secondary N) is 1. The first-order chi connectivity index (χ1) is 7.24. The number of aryl methyl sites for hydroxylation is 1. The van der Waals surface area contributed by atoms with Crippen molar-refractivity contribution in [3.8, 4) is 0 Å². The number of hydrogen-bond acceptors (Lipinski definition) is 4. The Balaban J connectivity index is 2.19. The molecule has 1 amide bonds. The van der Waals surface area contributed by atoms with Gasteiger partial charge in [-0.1, -0.05) is 5.16 Å². The van der Waals surface area contributed by atoms with E-state index in [1.807, 2.05) is 0 Å². The van der Waals surface area contributed by atoms with Gasteiger partial charge in [0.05, 0.1) is 13.2 Å². The molecule has 15 heavy (non-hydrogen) atoms. The van der Waals surface area contributed by atoms with Crippen molar-refractivity contribution >= 4 is 17.5 Å². The first-order valence-electron chi connectivity index (χ1n) is 4.59. The lowest BCUT2D eigenvalue weighted by Gasteiger charge is -2.02. The van der Waals surface area contributed by atoms with E-state index < -0.39 is 0 Å². The minimum Gasteiger partial charge on any atom is -0.378 e. The van der Waals surface area contributed by atoms with Crippen LogP contribution in [0.2, 0.25) is 0 Å². The van der Waals surface area contributed by atoms with Crippen molar-refractivity contribution in [3.05, 3.63) is 17.5 Å². The molecule has 6 heteroatoms. The third kappa shape index (κ3) is 4.31. The SMILES string of the molecule is Cc1cc(C(=O)NCCOCCCl)no1. The van der Waals surface area contributed by atoms with Gasteiger partial charge in [0.15, 0.2) is 5.69 Å². The molecule has 84 valence electrons. The highest BCUT2D eigenvalue weighted by atomic mass is 35.5. The molecule has 1 rings (SSSR count). The number of ether oxygens (including phenoxy) is 1. The Morgan fingerprint density at radius 1 is 1.67 bits per heavy atom. The monoisotopic (exact) mass is 232 g/mol. The molecule has 1 N–H and O–H groups in total. The fourth-order valence-corrected chi connectivity index (χ4v) is 1.07. The normalized spacial score (nSPS) is 10.3. The Bertz CT molecular complexity index is 314. The molecule has 1 aromatic rings. The van der Waals surface area contributed by atoms with Gasteiger partial charge in [-0.2, -0.15) is 0 Å². The molecule has 0 aliphatic heterocycles. The highest BCUT2D eigenvalue weighted by molar-refractivity contribution is 6.17. The van der Waals surface area contributed by atoms with Crippen molar-refractivity contribution in [2.24, 2.45) is 0 Å². The quantitative estimate of drug-likeness (QED) is 0.586. The minimum absolute atomic E-state index is 0.263. The summed E-state index contributed by atoms with van der Waals surface area (Å²) in [6, 6.07) is 1.58. The maximum Gasteiger partial charge on any atom is 0.273 e. The average molecular weight is 233 g/mol. The summed E-state index contributed by atoms with van der Waals surface area (Å²) < 4.78 is 9.85. The van der Waals surface area contributed by atoms with Gasteiger partial charge in [0.1, 0.15) is 5.76 Å². The van der Waals surface area contributed by atoms with Crippen LogP contribution in [-0.4, -0.2) is 36.7 Å². The summed E-state index contributed by atoms with van der Waals surface area (Å²) in [4.78, 5) is 11.4. The van der Waals surface area contributed by atoms with Gasteiger partial charge in [-0.05, 0) is 6.92 Å². The maximum absolute atomic E-state index is 11.4. The van der Waals surface area contributed by atoms with Crippen LogP contribution in [0, 0.1) is 6.92 Å². The molecule has 0 bridgehead atoms. The van der Waals surface area contributed by atoms with Gasteiger partial charge in [-0.3, -0.25) is 4.79 Å². The van der Waals surface area contributed by atoms with Crippen LogP contribution in [0.5, 0.6) is 0 Å². The second-order valence-electron chi connectivity index (χ2n) is 2.88. The Labute approximate surface area is 92.7 Å². The van der Waals surface area contributed by atoms with Gasteiger partial charge >= 0.3 is 0 Å². The number of amides is 1. The van der Waals surface area contributed by atoms with E-state index in [0.717, 1.165) is 0 Å². The van der Waals surface area contributed by atoms with Gasteiger partial charge in [-0.25, -0.2) is 0 Å². The van der Waals surface area contributed by atoms with E-state index in [0.29, 0.717) is 31.4 Å². The lowest BCUT2D eigenvalue weighted by molar-refractivity contribution is 0.0914. The summed E-state index contributed by atoms with van der Waals surface area (Å²) in [5, 5.41) is 6.22. The van der Waals surface area contributed by atoms with E-state index in [9.17, 15) is 4.79 Å². The Kier molecular flexibility index (Phi) is 5.14. The Hall–Kier alpha value is -1.07. The van der Waals surface area contributed by atoms with Crippen LogP contribution in [0.15, 0.2) is 10.6 Å². The zero-order valence-corrected chi connectivity index (χ0v) is 9.21. The summed E-state index contributed by atoms with van der Waals surface area (Å²) in [5.41, 5.74) is 0.282. The number of rotatable bonds is 6.